The van der Waals surface area contributed by atoms with Crippen LogP contribution in [0.25, 0.3) is 11.3 Å². The smallest absolute Gasteiger partial charge is 0.291 e. The molecule has 0 saturated heterocycles. The lowest BCUT2D eigenvalue weighted by Crippen LogP contribution is -2.11. The fraction of sp³-hybridized carbons (Fsp3) is 0.105. The van der Waals surface area contributed by atoms with Gasteiger partial charge in [-0.05, 0) is 36.4 Å². The maximum atomic E-state index is 12.5. The zero-order valence-electron chi connectivity index (χ0n) is 14.9. The normalized spacial score (nSPS) is 10.4. The summed E-state index contributed by atoms with van der Waals surface area (Å²) in [4.78, 5) is 22.9. The van der Waals surface area contributed by atoms with Crippen LogP contribution < -0.4 is 14.8 Å². The molecule has 28 heavy (non-hydrogen) atoms. The van der Waals surface area contributed by atoms with Crippen molar-refractivity contribution in [2.45, 2.75) is 0 Å². The van der Waals surface area contributed by atoms with E-state index < -0.39 is 10.8 Å². The van der Waals surface area contributed by atoms with E-state index in [9.17, 15) is 14.9 Å². The molecule has 1 aromatic heterocycles. The second kappa shape index (κ2) is 8.01. The van der Waals surface area contributed by atoms with E-state index in [1.807, 2.05) is 0 Å². The van der Waals surface area contributed by atoms with Gasteiger partial charge in [0, 0.05) is 17.7 Å². The summed E-state index contributed by atoms with van der Waals surface area (Å²) in [6, 6.07) is 12.2. The minimum atomic E-state index is -0.585. The number of carbonyl (C=O) groups excluding carboxylic acids is 1. The van der Waals surface area contributed by atoms with E-state index in [-0.39, 0.29) is 16.5 Å². The highest BCUT2D eigenvalue weighted by Crippen LogP contribution is 2.32. The van der Waals surface area contributed by atoms with E-state index in [0.717, 1.165) is 0 Å². The van der Waals surface area contributed by atoms with Crippen LogP contribution in [0.15, 0.2) is 52.9 Å². The quantitative estimate of drug-likeness (QED) is 0.470. The Hall–Kier alpha value is -3.52. The number of nitrogens with zero attached hydrogens (tertiary/aromatic N) is 1. The molecule has 0 fully saturated rings. The third-order valence-electron chi connectivity index (χ3n) is 3.91. The Kier molecular flexibility index (Phi) is 5.51. The number of nitrogens with one attached hydrogen (secondary N) is 1. The number of nitro benzene ring substituents is 1. The molecule has 0 aliphatic rings. The van der Waals surface area contributed by atoms with Gasteiger partial charge in [-0.25, -0.2) is 0 Å². The molecule has 0 saturated carbocycles. The SMILES string of the molecule is COc1ccc(NC(=O)c2ccc(-c3ccc(Cl)c([N+](=O)[O-])c3)o2)c(OC)c1. The van der Waals surface area contributed by atoms with E-state index in [1.165, 1.54) is 32.4 Å². The molecule has 0 aliphatic carbocycles. The van der Waals surface area contributed by atoms with Crippen LogP contribution in [-0.4, -0.2) is 25.1 Å². The van der Waals surface area contributed by atoms with Crippen molar-refractivity contribution in [2.75, 3.05) is 19.5 Å². The second-order valence-corrected chi connectivity index (χ2v) is 6.01. The minimum absolute atomic E-state index is 0.0184. The summed E-state index contributed by atoms with van der Waals surface area (Å²) in [7, 11) is 3.00. The Labute approximate surface area is 164 Å². The molecular formula is C19H15ClN2O6. The van der Waals surface area contributed by atoms with Gasteiger partial charge >= 0.3 is 0 Å². The minimum Gasteiger partial charge on any atom is -0.497 e. The van der Waals surface area contributed by atoms with Gasteiger partial charge in [0.25, 0.3) is 11.6 Å². The molecular weight excluding hydrogens is 388 g/mol. The van der Waals surface area contributed by atoms with E-state index in [0.29, 0.717) is 28.5 Å². The first-order valence-corrected chi connectivity index (χ1v) is 8.38. The molecule has 144 valence electrons. The summed E-state index contributed by atoms with van der Waals surface area (Å²) in [5.74, 6) is 0.836. The molecule has 2 aromatic carbocycles. The van der Waals surface area contributed by atoms with Crippen molar-refractivity contribution < 1.29 is 23.6 Å². The van der Waals surface area contributed by atoms with Gasteiger partial charge in [-0.3, -0.25) is 14.9 Å². The van der Waals surface area contributed by atoms with Crippen molar-refractivity contribution in [3.05, 3.63) is 69.4 Å². The first kappa shape index (κ1) is 19.2. The summed E-state index contributed by atoms with van der Waals surface area (Å²) < 4.78 is 15.9. The molecule has 0 unspecified atom stereocenters. The molecule has 0 spiro atoms. The number of nitro groups is 1. The van der Waals surface area contributed by atoms with Crippen molar-refractivity contribution in [1.29, 1.82) is 0 Å². The first-order valence-electron chi connectivity index (χ1n) is 8.00. The fourth-order valence-electron chi connectivity index (χ4n) is 2.51. The summed E-state index contributed by atoms with van der Waals surface area (Å²) >= 11 is 5.82. The average molecular weight is 403 g/mol. The van der Waals surface area contributed by atoms with Gasteiger partial charge < -0.3 is 19.2 Å². The van der Waals surface area contributed by atoms with Crippen LogP contribution in [0.1, 0.15) is 10.6 Å². The van der Waals surface area contributed by atoms with E-state index in [4.69, 9.17) is 25.5 Å². The largest absolute Gasteiger partial charge is 0.497 e. The van der Waals surface area contributed by atoms with Crippen molar-refractivity contribution in [2.24, 2.45) is 0 Å². The molecule has 3 rings (SSSR count). The van der Waals surface area contributed by atoms with Crippen LogP contribution in [0.3, 0.4) is 0 Å². The second-order valence-electron chi connectivity index (χ2n) is 5.61. The van der Waals surface area contributed by atoms with Crippen LogP contribution in [-0.2, 0) is 0 Å². The zero-order chi connectivity index (χ0) is 20.3. The van der Waals surface area contributed by atoms with Crippen molar-refractivity contribution in [1.82, 2.24) is 0 Å². The number of benzene rings is 2. The lowest BCUT2D eigenvalue weighted by molar-refractivity contribution is -0.384. The highest BCUT2D eigenvalue weighted by atomic mass is 35.5. The summed E-state index contributed by atoms with van der Waals surface area (Å²) in [5, 5.41) is 13.7. The van der Waals surface area contributed by atoms with Crippen LogP contribution >= 0.6 is 11.6 Å². The van der Waals surface area contributed by atoms with Gasteiger partial charge in [0.2, 0.25) is 0 Å². The third kappa shape index (κ3) is 3.91. The number of amides is 1. The number of hydrogen-bond donors (Lipinski definition) is 1. The molecule has 9 heteroatoms. The first-order chi connectivity index (χ1) is 13.4. The molecule has 8 nitrogen and oxygen atoms in total. The zero-order valence-corrected chi connectivity index (χ0v) is 15.6. The Balaban J connectivity index is 1.84. The highest BCUT2D eigenvalue weighted by molar-refractivity contribution is 6.32. The van der Waals surface area contributed by atoms with Gasteiger partial charge in [0.15, 0.2) is 5.76 Å². The summed E-state index contributed by atoms with van der Waals surface area (Å²) in [6.45, 7) is 0. The number of hydrogen-bond acceptors (Lipinski definition) is 6. The molecule has 1 N–H and O–H groups in total. The number of anilines is 1. The van der Waals surface area contributed by atoms with Crippen LogP contribution in [0.4, 0.5) is 11.4 Å². The lowest BCUT2D eigenvalue weighted by atomic mass is 10.1. The van der Waals surface area contributed by atoms with Gasteiger partial charge in [0.05, 0.1) is 24.8 Å². The number of rotatable bonds is 6. The number of methoxy groups -OCH3 is 2. The van der Waals surface area contributed by atoms with Gasteiger partial charge in [-0.2, -0.15) is 0 Å². The molecule has 0 bridgehead atoms. The molecule has 1 heterocycles. The molecule has 0 atom stereocenters. The number of halogens is 1. The van der Waals surface area contributed by atoms with Crippen molar-refractivity contribution in [3.63, 3.8) is 0 Å². The number of carbonyl (C=O) groups is 1. The summed E-state index contributed by atoms with van der Waals surface area (Å²) in [6.07, 6.45) is 0. The maximum absolute atomic E-state index is 12.5. The topological polar surface area (TPSA) is 104 Å². The molecule has 0 radical (unpaired) electrons. The summed E-state index contributed by atoms with van der Waals surface area (Å²) in [5.41, 5.74) is 0.620. The van der Waals surface area contributed by atoms with Crippen molar-refractivity contribution in [3.8, 4) is 22.8 Å². The van der Waals surface area contributed by atoms with Gasteiger partial charge in [-0.15, -0.1) is 0 Å². The monoisotopic (exact) mass is 402 g/mol. The van der Waals surface area contributed by atoms with Crippen LogP contribution in [0.5, 0.6) is 11.5 Å². The van der Waals surface area contributed by atoms with E-state index in [1.54, 1.807) is 30.3 Å². The van der Waals surface area contributed by atoms with Gasteiger partial charge in [-0.1, -0.05) is 11.6 Å². The lowest BCUT2D eigenvalue weighted by Gasteiger charge is -2.10. The third-order valence-corrected chi connectivity index (χ3v) is 4.23. The highest BCUT2D eigenvalue weighted by Gasteiger charge is 2.18. The van der Waals surface area contributed by atoms with Crippen molar-refractivity contribution >= 4 is 28.9 Å². The Morgan fingerprint density at radius 1 is 1.11 bits per heavy atom. The Bertz CT molecular complexity index is 1050. The van der Waals surface area contributed by atoms with Gasteiger partial charge in [0.1, 0.15) is 22.3 Å². The molecule has 3 aromatic rings. The van der Waals surface area contributed by atoms with E-state index >= 15 is 0 Å². The van der Waals surface area contributed by atoms with E-state index in [2.05, 4.69) is 5.32 Å². The molecule has 1 amide bonds. The maximum Gasteiger partial charge on any atom is 0.291 e. The standard InChI is InChI=1S/C19H15ClN2O6/c1-26-12-4-6-14(18(10-12)27-2)21-19(23)17-8-7-16(28-17)11-3-5-13(20)15(9-11)22(24)25/h3-10H,1-2H3,(H,21,23). The predicted octanol–water partition coefficient (Wildman–Crippen LogP) is 4.78. The average Bonchev–Trinajstić information content (AvgIpc) is 3.18. The van der Waals surface area contributed by atoms with Crippen LogP contribution in [0, 0.1) is 10.1 Å². The predicted molar refractivity (Wildman–Crippen MR) is 103 cm³/mol. The number of ether oxygens (including phenoxy) is 2. The Morgan fingerprint density at radius 2 is 1.89 bits per heavy atom. The molecule has 0 aliphatic heterocycles. The fourth-order valence-corrected chi connectivity index (χ4v) is 2.69. The Morgan fingerprint density at radius 3 is 2.57 bits per heavy atom. The van der Waals surface area contributed by atoms with Crippen LogP contribution in [0.2, 0.25) is 5.02 Å². The number of furan rings is 1.